The molecule has 1 aliphatic rings. The van der Waals surface area contributed by atoms with Gasteiger partial charge in [-0.15, -0.1) is 5.10 Å². The van der Waals surface area contributed by atoms with E-state index < -0.39 is 0 Å². The van der Waals surface area contributed by atoms with Crippen LogP contribution in [0.25, 0.3) is 5.69 Å². The number of nitrogens with one attached hydrogen (secondary N) is 1. The zero-order valence-corrected chi connectivity index (χ0v) is 14.0. The Morgan fingerprint density at radius 2 is 2.08 bits per heavy atom. The summed E-state index contributed by atoms with van der Waals surface area (Å²) in [6.07, 6.45) is 5.57. The molecule has 3 rings (SSSR count). The Labute approximate surface area is 142 Å². The van der Waals surface area contributed by atoms with Crippen molar-refractivity contribution in [2.75, 3.05) is 18.5 Å². The van der Waals surface area contributed by atoms with E-state index >= 15 is 0 Å². The Bertz CT molecular complexity index is 680. The predicted octanol–water partition coefficient (Wildman–Crippen LogP) is 2.95. The lowest BCUT2D eigenvalue weighted by Gasteiger charge is -2.22. The molecule has 1 heterocycles. The molecular weight excluding hydrogens is 304 g/mol. The van der Waals surface area contributed by atoms with Crippen LogP contribution in [0.15, 0.2) is 36.5 Å². The van der Waals surface area contributed by atoms with Crippen LogP contribution < -0.4 is 5.32 Å². The van der Waals surface area contributed by atoms with Crippen molar-refractivity contribution in [1.29, 1.82) is 0 Å². The number of benzene rings is 1. The van der Waals surface area contributed by atoms with Crippen LogP contribution in [0.4, 0.5) is 10.6 Å². The van der Waals surface area contributed by atoms with E-state index in [1.54, 1.807) is 4.68 Å². The SMILES string of the molecule is Cc1cn(-c2ccccc2)nc1NC(=O)N(CCCCO)C1CC1. The van der Waals surface area contributed by atoms with Crippen molar-refractivity contribution in [2.24, 2.45) is 0 Å². The van der Waals surface area contributed by atoms with Gasteiger partial charge in [0.05, 0.1) is 5.69 Å². The number of rotatable bonds is 7. The number of urea groups is 1. The van der Waals surface area contributed by atoms with E-state index in [4.69, 9.17) is 5.11 Å². The van der Waals surface area contributed by atoms with Crippen molar-refractivity contribution < 1.29 is 9.90 Å². The molecule has 2 N–H and O–H groups in total. The molecule has 1 aromatic carbocycles. The largest absolute Gasteiger partial charge is 0.396 e. The summed E-state index contributed by atoms with van der Waals surface area (Å²) in [4.78, 5) is 14.5. The van der Waals surface area contributed by atoms with Gasteiger partial charge < -0.3 is 10.0 Å². The fourth-order valence-corrected chi connectivity index (χ4v) is 2.70. The molecular formula is C18H24N4O2. The first-order valence-electron chi connectivity index (χ1n) is 8.49. The smallest absolute Gasteiger partial charge is 0.323 e. The van der Waals surface area contributed by atoms with Gasteiger partial charge >= 0.3 is 6.03 Å². The number of nitrogens with zero attached hydrogens (tertiary/aromatic N) is 3. The molecule has 1 fully saturated rings. The fraction of sp³-hybridized carbons (Fsp3) is 0.444. The van der Waals surface area contributed by atoms with Crippen LogP contribution in [0.5, 0.6) is 0 Å². The zero-order valence-electron chi connectivity index (χ0n) is 14.0. The molecule has 6 heteroatoms. The molecule has 2 aromatic rings. The van der Waals surface area contributed by atoms with E-state index in [9.17, 15) is 4.79 Å². The van der Waals surface area contributed by atoms with Gasteiger partial charge in [0.1, 0.15) is 0 Å². The predicted molar refractivity (Wildman–Crippen MR) is 93.4 cm³/mol. The van der Waals surface area contributed by atoms with Gasteiger partial charge in [-0.1, -0.05) is 18.2 Å². The number of hydrogen-bond acceptors (Lipinski definition) is 3. The molecule has 2 amide bonds. The van der Waals surface area contributed by atoms with Gasteiger partial charge in [0, 0.05) is 31.0 Å². The molecule has 1 aliphatic carbocycles. The maximum atomic E-state index is 12.6. The normalized spacial score (nSPS) is 13.8. The second kappa shape index (κ2) is 7.49. The molecule has 0 aliphatic heterocycles. The quantitative estimate of drug-likeness (QED) is 0.768. The lowest BCUT2D eigenvalue weighted by atomic mass is 10.3. The maximum Gasteiger partial charge on any atom is 0.323 e. The van der Waals surface area contributed by atoms with Crippen LogP contribution in [-0.4, -0.2) is 45.0 Å². The summed E-state index contributed by atoms with van der Waals surface area (Å²) in [5, 5.41) is 16.4. The van der Waals surface area contributed by atoms with Crippen LogP contribution in [0.1, 0.15) is 31.2 Å². The number of para-hydroxylation sites is 1. The van der Waals surface area contributed by atoms with Crippen LogP contribution in [0.3, 0.4) is 0 Å². The average molecular weight is 328 g/mol. The lowest BCUT2D eigenvalue weighted by Crippen LogP contribution is -2.37. The summed E-state index contributed by atoms with van der Waals surface area (Å²) in [5.41, 5.74) is 1.89. The lowest BCUT2D eigenvalue weighted by molar-refractivity contribution is 0.204. The third-order valence-corrected chi connectivity index (χ3v) is 4.20. The van der Waals surface area contributed by atoms with Gasteiger partial charge in [-0.25, -0.2) is 9.48 Å². The number of aliphatic hydroxyl groups is 1. The fourth-order valence-electron chi connectivity index (χ4n) is 2.70. The highest BCUT2D eigenvalue weighted by Crippen LogP contribution is 2.28. The number of unbranched alkanes of at least 4 members (excludes halogenated alkanes) is 1. The van der Waals surface area contributed by atoms with Gasteiger partial charge in [-0.3, -0.25) is 5.32 Å². The van der Waals surface area contributed by atoms with Gasteiger partial charge in [0.2, 0.25) is 0 Å². The van der Waals surface area contributed by atoms with Gasteiger partial charge in [0.15, 0.2) is 5.82 Å². The van der Waals surface area contributed by atoms with Crippen LogP contribution >= 0.6 is 0 Å². The summed E-state index contributed by atoms with van der Waals surface area (Å²) in [5.74, 6) is 0.594. The maximum absolute atomic E-state index is 12.6. The minimum Gasteiger partial charge on any atom is -0.396 e. The van der Waals surface area contributed by atoms with E-state index in [2.05, 4.69) is 10.4 Å². The van der Waals surface area contributed by atoms with Crippen LogP contribution in [0.2, 0.25) is 0 Å². The van der Waals surface area contributed by atoms with Crippen molar-refractivity contribution in [3.63, 3.8) is 0 Å². The molecule has 1 saturated carbocycles. The first-order valence-corrected chi connectivity index (χ1v) is 8.49. The van der Waals surface area contributed by atoms with Gasteiger partial charge in [-0.2, -0.15) is 0 Å². The molecule has 24 heavy (non-hydrogen) atoms. The number of carbonyl (C=O) groups excluding carboxylic acids is 1. The second-order valence-electron chi connectivity index (χ2n) is 6.23. The van der Waals surface area contributed by atoms with Crippen molar-refractivity contribution in [2.45, 2.75) is 38.6 Å². The molecule has 0 bridgehead atoms. The van der Waals surface area contributed by atoms with E-state index in [1.165, 1.54) is 0 Å². The van der Waals surface area contributed by atoms with Crippen LogP contribution in [-0.2, 0) is 0 Å². The summed E-state index contributed by atoms with van der Waals surface area (Å²) < 4.78 is 1.78. The molecule has 1 aromatic heterocycles. The number of anilines is 1. The van der Waals surface area contributed by atoms with E-state index in [-0.39, 0.29) is 12.6 Å². The zero-order chi connectivity index (χ0) is 16.9. The number of amides is 2. The first-order chi connectivity index (χ1) is 11.7. The number of aromatic nitrogens is 2. The molecule has 0 atom stereocenters. The minimum absolute atomic E-state index is 0.100. The third-order valence-electron chi connectivity index (χ3n) is 4.20. The summed E-state index contributed by atoms with van der Waals surface area (Å²) in [6.45, 7) is 2.78. The topological polar surface area (TPSA) is 70.4 Å². The highest BCUT2D eigenvalue weighted by Gasteiger charge is 2.32. The Morgan fingerprint density at radius 3 is 2.75 bits per heavy atom. The van der Waals surface area contributed by atoms with E-state index in [0.717, 1.165) is 36.9 Å². The number of carbonyl (C=O) groups is 1. The monoisotopic (exact) mass is 328 g/mol. The Kier molecular flexibility index (Phi) is 5.15. The number of aryl methyl sites for hydroxylation is 1. The molecule has 0 radical (unpaired) electrons. The standard InChI is InChI=1S/C18H24N4O2/c1-14-13-22(16-7-3-2-4-8-16)20-17(14)19-18(24)21(15-9-10-15)11-5-6-12-23/h2-4,7-8,13,15,23H,5-6,9-12H2,1H3,(H,19,20,24). The number of aliphatic hydroxyl groups excluding tert-OH is 1. The molecule has 0 unspecified atom stereocenters. The second-order valence-corrected chi connectivity index (χ2v) is 6.23. The Morgan fingerprint density at radius 1 is 1.33 bits per heavy atom. The molecule has 0 spiro atoms. The first kappa shape index (κ1) is 16.5. The van der Waals surface area contributed by atoms with Crippen molar-refractivity contribution in [1.82, 2.24) is 14.7 Å². The molecule has 0 saturated heterocycles. The van der Waals surface area contributed by atoms with Crippen molar-refractivity contribution >= 4 is 11.8 Å². The summed E-state index contributed by atoms with van der Waals surface area (Å²) >= 11 is 0. The number of hydrogen-bond donors (Lipinski definition) is 2. The van der Waals surface area contributed by atoms with Crippen molar-refractivity contribution in [3.05, 3.63) is 42.1 Å². The van der Waals surface area contributed by atoms with Gasteiger partial charge in [0.25, 0.3) is 0 Å². The summed E-state index contributed by atoms with van der Waals surface area (Å²) in [7, 11) is 0. The van der Waals surface area contributed by atoms with Gasteiger partial charge in [-0.05, 0) is 44.7 Å². The Hall–Kier alpha value is -2.34. The van der Waals surface area contributed by atoms with Crippen molar-refractivity contribution in [3.8, 4) is 5.69 Å². The molecule has 128 valence electrons. The van der Waals surface area contributed by atoms with Crippen LogP contribution in [0, 0.1) is 6.92 Å². The third kappa shape index (κ3) is 3.94. The summed E-state index contributed by atoms with van der Waals surface area (Å²) in [6, 6.07) is 10.1. The molecule has 6 nitrogen and oxygen atoms in total. The Balaban J connectivity index is 1.68. The van der Waals surface area contributed by atoms with E-state index in [1.807, 2.05) is 48.4 Å². The highest BCUT2D eigenvalue weighted by atomic mass is 16.3. The average Bonchev–Trinajstić information content (AvgIpc) is 3.36. The minimum atomic E-state index is -0.100. The van der Waals surface area contributed by atoms with E-state index in [0.29, 0.717) is 18.4 Å². The highest BCUT2D eigenvalue weighted by molar-refractivity contribution is 5.89.